The number of hydrogen-bond donors (Lipinski definition) is 0. The van der Waals surface area contributed by atoms with Crippen molar-refractivity contribution >= 4 is 5.97 Å². The number of rotatable bonds is 4. The number of hydrogen-bond acceptors (Lipinski definition) is 3. The molecule has 1 aliphatic carbocycles. The Bertz CT molecular complexity index is 258. The topological polar surface area (TPSA) is 35.5 Å². The SMILES string of the molecule is CC1CC(OCC(=O)OC(C)C)CC(C)(C)C1. The first-order valence-electron chi connectivity index (χ1n) is 6.59. The second-order valence-corrected chi connectivity index (χ2v) is 6.38. The first kappa shape index (κ1) is 14.5. The van der Waals surface area contributed by atoms with E-state index in [1.807, 2.05) is 13.8 Å². The molecule has 0 saturated heterocycles. The van der Waals surface area contributed by atoms with Crippen molar-refractivity contribution in [3.63, 3.8) is 0 Å². The first-order chi connectivity index (χ1) is 7.78. The van der Waals surface area contributed by atoms with Crippen LogP contribution in [0.2, 0.25) is 0 Å². The average molecular weight is 242 g/mol. The Morgan fingerprint density at radius 2 is 2.00 bits per heavy atom. The van der Waals surface area contributed by atoms with Crippen LogP contribution < -0.4 is 0 Å². The second-order valence-electron chi connectivity index (χ2n) is 6.38. The van der Waals surface area contributed by atoms with Gasteiger partial charge in [0.05, 0.1) is 12.2 Å². The fourth-order valence-electron chi connectivity index (χ4n) is 2.87. The van der Waals surface area contributed by atoms with Gasteiger partial charge < -0.3 is 9.47 Å². The molecule has 0 aliphatic heterocycles. The summed E-state index contributed by atoms with van der Waals surface area (Å²) in [6.07, 6.45) is 3.47. The van der Waals surface area contributed by atoms with Crippen molar-refractivity contribution < 1.29 is 14.3 Å². The molecule has 0 heterocycles. The van der Waals surface area contributed by atoms with E-state index in [9.17, 15) is 4.79 Å². The zero-order valence-electron chi connectivity index (χ0n) is 11.8. The third kappa shape index (κ3) is 5.53. The third-order valence-corrected chi connectivity index (χ3v) is 3.15. The monoisotopic (exact) mass is 242 g/mol. The predicted molar refractivity (Wildman–Crippen MR) is 67.8 cm³/mol. The molecule has 0 radical (unpaired) electrons. The Morgan fingerprint density at radius 1 is 1.35 bits per heavy atom. The molecule has 1 fully saturated rings. The van der Waals surface area contributed by atoms with E-state index in [0.717, 1.165) is 12.8 Å². The number of carbonyl (C=O) groups excluding carboxylic acids is 1. The lowest BCUT2D eigenvalue weighted by molar-refractivity contribution is -0.156. The molecule has 0 bridgehead atoms. The van der Waals surface area contributed by atoms with Crippen molar-refractivity contribution in [1.82, 2.24) is 0 Å². The van der Waals surface area contributed by atoms with Crippen molar-refractivity contribution in [2.24, 2.45) is 11.3 Å². The van der Waals surface area contributed by atoms with Crippen LogP contribution in [0.5, 0.6) is 0 Å². The van der Waals surface area contributed by atoms with E-state index in [1.54, 1.807) is 0 Å². The highest BCUT2D eigenvalue weighted by Crippen LogP contribution is 2.39. The molecule has 0 aromatic heterocycles. The Hall–Kier alpha value is -0.570. The minimum Gasteiger partial charge on any atom is -0.461 e. The molecule has 0 N–H and O–H groups in total. The van der Waals surface area contributed by atoms with E-state index in [1.165, 1.54) is 6.42 Å². The summed E-state index contributed by atoms with van der Waals surface area (Å²) >= 11 is 0. The molecule has 3 nitrogen and oxygen atoms in total. The van der Waals surface area contributed by atoms with Gasteiger partial charge in [0.2, 0.25) is 0 Å². The van der Waals surface area contributed by atoms with Crippen molar-refractivity contribution in [1.29, 1.82) is 0 Å². The Morgan fingerprint density at radius 3 is 2.53 bits per heavy atom. The van der Waals surface area contributed by atoms with Gasteiger partial charge in [0.25, 0.3) is 0 Å². The van der Waals surface area contributed by atoms with Crippen LogP contribution in [0, 0.1) is 11.3 Å². The molecule has 0 aromatic carbocycles. The summed E-state index contributed by atoms with van der Waals surface area (Å²) in [5.41, 5.74) is 0.324. The molecule has 17 heavy (non-hydrogen) atoms. The quantitative estimate of drug-likeness (QED) is 0.710. The van der Waals surface area contributed by atoms with Crippen LogP contribution in [-0.4, -0.2) is 24.8 Å². The molecular weight excluding hydrogens is 216 g/mol. The molecule has 2 unspecified atom stereocenters. The van der Waals surface area contributed by atoms with Gasteiger partial charge in [-0.05, 0) is 44.4 Å². The van der Waals surface area contributed by atoms with E-state index in [0.29, 0.717) is 11.3 Å². The summed E-state index contributed by atoms with van der Waals surface area (Å²) in [6, 6.07) is 0. The highest BCUT2D eigenvalue weighted by atomic mass is 16.6. The average Bonchev–Trinajstić information content (AvgIpc) is 2.10. The van der Waals surface area contributed by atoms with Crippen LogP contribution in [0.4, 0.5) is 0 Å². The summed E-state index contributed by atoms with van der Waals surface area (Å²) in [7, 11) is 0. The molecule has 1 aliphatic rings. The molecular formula is C14H26O3. The molecule has 0 amide bonds. The Labute approximate surface area is 105 Å². The zero-order valence-corrected chi connectivity index (χ0v) is 11.8. The smallest absolute Gasteiger partial charge is 0.332 e. The van der Waals surface area contributed by atoms with Gasteiger partial charge in [-0.25, -0.2) is 4.79 Å². The number of ether oxygens (including phenoxy) is 2. The first-order valence-corrected chi connectivity index (χ1v) is 6.59. The maximum absolute atomic E-state index is 11.4. The van der Waals surface area contributed by atoms with Gasteiger partial charge in [-0.15, -0.1) is 0 Å². The van der Waals surface area contributed by atoms with Crippen LogP contribution in [0.25, 0.3) is 0 Å². The normalized spacial score (nSPS) is 28.1. The predicted octanol–water partition coefficient (Wildman–Crippen LogP) is 3.17. The molecule has 100 valence electrons. The van der Waals surface area contributed by atoms with E-state index in [2.05, 4.69) is 20.8 Å². The molecule has 1 rings (SSSR count). The van der Waals surface area contributed by atoms with Gasteiger partial charge in [-0.2, -0.15) is 0 Å². The second kappa shape index (κ2) is 5.85. The highest BCUT2D eigenvalue weighted by Gasteiger charge is 2.32. The fourth-order valence-corrected chi connectivity index (χ4v) is 2.87. The minimum absolute atomic E-state index is 0.0622. The third-order valence-electron chi connectivity index (χ3n) is 3.15. The van der Waals surface area contributed by atoms with Crippen molar-refractivity contribution in [3.05, 3.63) is 0 Å². The summed E-state index contributed by atoms with van der Waals surface area (Å²) in [6.45, 7) is 10.6. The largest absolute Gasteiger partial charge is 0.461 e. The van der Waals surface area contributed by atoms with Crippen LogP contribution in [0.1, 0.15) is 53.9 Å². The maximum atomic E-state index is 11.4. The van der Waals surface area contributed by atoms with Gasteiger partial charge >= 0.3 is 5.97 Å². The molecule has 2 atom stereocenters. The molecule has 0 spiro atoms. The highest BCUT2D eigenvalue weighted by molar-refractivity contribution is 5.70. The lowest BCUT2D eigenvalue weighted by atomic mass is 9.71. The van der Waals surface area contributed by atoms with E-state index < -0.39 is 0 Å². The number of carbonyl (C=O) groups is 1. The lowest BCUT2D eigenvalue weighted by Gasteiger charge is -2.38. The van der Waals surface area contributed by atoms with E-state index in [4.69, 9.17) is 9.47 Å². The van der Waals surface area contributed by atoms with Gasteiger partial charge in [0.15, 0.2) is 0 Å². The summed E-state index contributed by atoms with van der Waals surface area (Å²) in [4.78, 5) is 11.4. The van der Waals surface area contributed by atoms with Gasteiger partial charge in [0.1, 0.15) is 6.61 Å². The van der Waals surface area contributed by atoms with Crippen LogP contribution in [0.15, 0.2) is 0 Å². The van der Waals surface area contributed by atoms with Crippen molar-refractivity contribution in [2.75, 3.05) is 6.61 Å². The van der Waals surface area contributed by atoms with E-state index in [-0.39, 0.29) is 24.8 Å². The van der Waals surface area contributed by atoms with Crippen LogP contribution in [-0.2, 0) is 14.3 Å². The Kier molecular flexibility index (Phi) is 4.99. The zero-order chi connectivity index (χ0) is 13.1. The van der Waals surface area contributed by atoms with Crippen molar-refractivity contribution in [3.8, 4) is 0 Å². The fraction of sp³-hybridized carbons (Fsp3) is 0.929. The molecule has 1 saturated carbocycles. The van der Waals surface area contributed by atoms with Crippen molar-refractivity contribution in [2.45, 2.75) is 66.1 Å². The summed E-state index contributed by atoms with van der Waals surface area (Å²) in [5, 5.41) is 0. The lowest BCUT2D eigenvalue weighted by Crippen LogP contribution is -2.34. The van der Waals surface area contributed by atoms with Crippen LogP contribution >= 0.6 is 0 Å². The summed E-state index contributed by atoms with van der Waals surface area (Å²) in [5.74, 6) is 0.418. The molecule has 0 aromatic rings. The standard InChI is InChI=1S/C14H26O3/c1-10(2)17-13(15)9-16-12-6-11(3)7-14(4,5)8-12/h10-12H,6-9H2,1-5H3. The van der Waals surface area contributed by atoms with Crippen LogP contribution in [0.3, 0.4) is 0 Å². The maximum Gasteiger partial charge on any atom is 0.332 e. The Balaban J connectivity index is 2.34. The summed E-state index contributed by atoms with van der Waals surface area (Å²) < 4.78 is 10.7. The van der Waals surface area contributed by atoms with E-state index >= 15 is 0 Å². The van der Waals surface area contributed by atoms with Gasteiger partial charge in [-0.3, -0.25) is 0 Å². The van der Waals surface area contributed by atoms with Gasteiger partial charge in [0, 0.05) is 0 Å². The molecule has 3 heteroatoms. The van der Waals surface area contributed by atoms with Gasteiger partial charge in [-0.1, -0.05) is 20.8 Å². The number of esters is 1. The minimum atomic E-state index is -0.254.